The normalized spacial score (nSPS) is 25.3. The Morgan fingerprint density at radius 1 is 1.47 bits per heavy atom. The van der Waals surface area contributed by atoms with Gasteiger partial charge in [-0.2, -0.15) is 0 Å². The molecule has 3 rings (SSSR count). The van der Waals surface area contributed by atoms with Gasteiger partial charge in [-0.15, -0.1) is 0 Å². The fourth-order valence-corrected chi connectivity index (χ4v) is 2.65. The van der Waals surface area contributed by atoms with Crippen molar-refractivity contribution in [2.24, 2.45) is 12.5 Å². The molecule has 1 aliphatic carbocycles. The molecule has 1 fully saturated rings. The van der Waals surface area contributed by atoms with Crippen molar-refractivity contribution in [1.29, 1.82) is 0 Å². The maximum absolute atomic E-state index is 13.8. The average molecular weight is 263 g/mol. The molecule has 2 atom stereocenters. The predicted molar refractivity (Wildman–Crippen MR) is 72.5 cm³/mol. The zero-order valence-electron chi connectivity index (χ0n) is 11.3. The van der Waals surface area contributed by atoms with Gasteiger partial charge < -0.3 is 15.0 Å². The second-order valence-electron chi connectivity index (χ2n) is 5.87. The highest BCUT2D eigenvalue weighted by molar-refractivity contribution is 5.79. The van der Waals surface area contributed by atoms with E-state index in [1.54, 1.807) is 23.7 Å². The molecule has 0 bridgehead atoms. The summed E-state index contributed by atoms with van der Waals surface area (Å²) in [7, 11) is 1.79. The minimum Gasteiger partial charge on any atom is -0.392 e. The Balaban J connectivity index is 1.95. The molecule has 1 aliphatic rings. The number of hydrogen-bond acceptors (Lipinski definition) is 3. The van der Waals surface area contributed by atoms with Crippen LogP contribution in [-0.2, 0) is 7.05 Å². The summed E-state index contributed by atoms with van der Waals surface area (Å²) in [5.41, 5.74) is 0.960. The number of para-hydroxylation sites is 1. The van der Waals surface area contributed by atoms with Gasteiger partial charge in [0.15, 0.2) is 0 Å². The molecular formula is C14H18FN3O. The standard InChI is InChI=1S/C14H18FN3O/c1-14(2)10(7-11(14)19)17-13-16-9-6-4-5-8(15)12(9)18(13)3/h4-6,10-11,19H,7H2,1-3H3,(H,16,17). The number of rotatable bonds is 2. The summed E-state index contributed by atoms with van der Waals surface area (Å²) in [6, 6.07) is 5.04. The lowest BCUT2D eigenvalue weighted by Crippen LogP contribution is -2.57. The van der Waals surface area contributed by atoms with Crippen LogP contribution in [0, 0.1) is 11.2 Å². The number of aliphatic hydroxyl groups is 1. The van der Waals surface area contributed by atoms with E-state index in [2.05, 4.69) is 10.3 Å². The summed E-state index contributed by atoms with van der Waals surface area (Å²) < 4.78 is 15.5. The summed E-state index contributed by atoms with van der Waals surface area (Å²) in [6.45, 7) is 4.03. The van der Waals surface area contributed by atoms with Crippen LogP contribution in [0.25, 0.3) is 11.0 Å². The quantitative estimate of drug-likeness (QED) is 0.874. The number of anilines is 1. The summed E-state index contributed by atoms with van der Waals surface area (Å²) in [5, 5.41) is 13.1. The van der Waals surface area contributed by atoms with E-state index >= 15 is 0 Å². The van der Waals surface area contributed by atoms with Crippen LogP contribution in [0.15, 0.2) is 18.2 Å². The van der Waals surface area contributed by atoms with Gasteiger partial charge in [-0.3, -0.25) is 0 Å². The van der Waals surface area contributed by atoms with E-state index in [4.69, 9.17) is 0 Å². The summed E-state index contributed by atoms with van der Waals surface area (Å²) in [5.74, 6) is 0.374. The minimum atomic E-state index is -0.295. The molecule has 0 spiro atoms. The van der Waals surface area contributed by atoms with E-state index in [1.807, 2.05) is 13.8 Å². The number of aliphatic hydroxyl groups excluding tert-OH is 1. The van der Waals surface area contributed by atoms with Crippen molar-refractivity contribution in [3.8, 4) is 0 Å². The molecule has 4 nitrogen and oxygen atoms in total. The first-order valence-electron chi connectivity index (χ1n) is 6.47. The van der Waals surface area contributed by atoms with Crippen molar-refractivity contribution in [3.05, 3.63) is 24.0 Å². The number of hydrogen-bond donors (Lipinski definition) is 2. The van der Waals surface area contributed by atoms with Crippen LogP contribution < -0.4 is 5.32 Å². The number of nitrogens with one attached hydrogen (secondary N) is 1. The second-order valence-corrected chi connectivity index (χ2v) is 5.87. The molecule has 5 heteroatoms. The van der Waals surface area contributed by atoms with Crippen LogP contribution in [0.4, 0.5) is 10.3 Å². The number of fused-ring (bicyclic) bond motifs is 1. The van der Waals surface area contributed by atoms with Gasteiger partial charge in [-0.25, -0.2) is 9.37 Å². The molecule has 2 N–H and O–H groups in total. The Morgan fingerprint density at radius 2 is 2.21 bits per heavy atom. The van der Waals surface area contributed by atoms with Crippen molar-refractivity contribution < 1.29 is 9.50 Å². The number of imidazole rings is 1. The number of aromatic nitrogens is 2. The number of nitrogens with zero attached hydrogens (tertiary/aromatic N) is 2. The van der Waals surface area contributed by atoms with Gasteiger partial charge in [0.05, 0.1) is 11.6 Å². The molecule has 19 heavy (non-hydrogen) atoms. The van der Waals surface area contributed by atoms with Gasteiger partial charge in [0, 0.05) is 18.5 Å². The molecule has 1 heterocycles. The minimum absolute atomic E-state index is 0.154. The largest absolute Gasteiger partial charge is 0.392 e. The highest BCUT2D eigenvalue weighted by Crippen LogP contribution is 2.42. The Hall–Kier alpha value is -1.62. The maximum atomic E-state index is 13.8. The van der Waals surface area contributed by atoms with E-state index in [-0.39, 0.29) is 23.4 Å². The summed E-state index contributed by atoms with van der Waals surface area (Å²) >= 11 is 0. The maximum Gasteiger partial charge on any atom is 0.203 e. The zero-order valence-corrected chi connectivity index (χ0v) is 11.3. The fraction of sp³-hybridized carbons (Fsp3) is 0.500. The number of benzene rings is 1. The molecule has 1 aromatic carbocycles. The average Bonchev–Trinajstić information content (AvgIpc) is 2.67. The first kappa shape index (κ1) is 12.4. The molecule has 0 amide bonds. The van der Waals surface area contributed by atoms with E-state index in [0.29, 0.717) is 23.4 Å². The highest BCUT2D eigenvalue weighted by Gasteiger charge is 2.47. The van der Waals surface area contributed by atoms with Crippen LogP contribution in [0.5, 0.6) is 0 Å². The zero-order chi connectivity index (χ0) is 13.8. The Kier molecular flexibility index (Phi) is 2.57. The van der Waals surface area contributed by atoms with Crippen molar-refractivity contribution in [1.82, 2.24) is 9.55 Å². The Morgan fingerprint density at radius 3 is 2.79 bits per heavy atom. The third kappa shape index (κ3) is 1.72. The van der Waals surface area contributed by atoms with Crippen molar-refractivity contribution in [3.63, 3.8) is 0 Å². The fourth-order valence-electron chi connectivity index (χ4n) is 2.65. The molecule has 102 valence electrons. The summed E-state index contributed by atoms with van der Waals surface area (Å²) in [4.78, 5) is 4.42. The highest BCUT2D eigenvalue weighted by atomic mass is 19.1. The van der Waals surface area contributed by atoms with Gasteiger partial charge in [0.2, 0.25) is 5.95 Å². The van der Waals surface area contributed by atoms with Crippen LogP contribution in [-0.4, -0.2) is 26.8 Å². The van der Waals surface area contributed by atoms with E-state index < -0.39 is 0 Å². The lowest BCUT2D eigenvalue weighted by Gasteiger charge is -2.49. The van der Waals surface area contributed by atoms with Gasteiger partial charge in [0.25, 0.3) is 0 Å². The van der Waals surface area contributed by atoms with E-state index in [9.17, 15) is 9.50 Å². The molecule has 2 unspecified atom stereocenters. The predicted octanol–water partition coefficient (Wildman–Crippen LogP) is 2.28. The number of halogens is 1. The lowest BCUT2D eigenvalue weighted by molar-refractivity contribution is -0.0513. The molecule has 0 radical (unpaired) electrons. The van der Waals surface area contributed by atoms with Gasteiger partial charge in [-0.05, 0) is 18.6 Å². The van der Waals surface area contributed by atoms with E-state index in [1.165, 1.54) is 6.07 Å². The van der Waals surface area contributed by atoms with E-state index in [0.717, 1.165) is 0 Å². The Labute approximate surface area is 111 Å². The smallest absolute Gasteiger partial charge is 0.203 e. The van der Waals surface area contributed by atoms with Crippen LogP contribution in [0.2, 0.25) is 0 Å². The first-order chi connectivity index (χ1) is 8.91. The summed E-state index contributed by atoms with van der Waals surface area (Å²) in [6.07, 6.45) is 0.398. The second kappa shape index (κ2) is 3.93. The van der Waals surface area contributed by atoms with Crippen LogP contribution >= 0.6 is 0 Å². The monoisotopic (exact) mass is 263 g/mol. The van der Waals surface area contributed by atoms with Crippen molar-refractivity contribution in [2.45, 2.75) is 32.4 Å². The van der Waals surface area contributed by atoms with Crippen molar-refractivity contribution in [2.75, 3.05) is 5.32 Å². The molecule has 1 aromatic heterocycles. The molecular weight excluding hydrogens is 245 g/mol. The van der Waals surface area contributed by atoms with Crippen LogP contribution in [0.3, 0.4) is 0 Å². The molecule has 2 aromatic rings. The van der Waals surface area contributed by atoms with Crippen LogP contribution in [0.1, 0.15) is 20.3 Å². The van der Waals surface area contributed by atoms with Crippen molar-refractivity contribution >= 4 is 17.0 Å². The SMILES string of the molecule is Cn1c(NC2CC(O)C2(C)C)nc2cccc(F)c21. The van der Waals surface area contributed by atoms with Gasteiger partial charge in [-0.1, -0.05) is 19.9 Å². The topological polar surface area (TPSA) is 50.1 Å². The lowest BCUT2D eigenvalue weighted by atomic mass is 9.65. The number of aryl methyl sites for hydroxylation is 1. The third-order valence-corrected chi connectivity index (χ3v) is 4.36. The Bertz CT molecular complexity index is 635. The van der Waals surface area contributed by atoms with Gasteiger partial charge in [0.1, 0.15) is 11.3 Å². The first-order valence-corrected chi connectivity index (χ1v) is 6.47. The molecule has 0 saturated heterocycles. The molecule has 0 aliphatic heterocycles. The van der Waals surface area contributed by atoms with Gasteiger partial charge >= 0.3 is 0 Å². The third-order valence-electron chi connectivity index (χ3n) is 4.36. The molecule has 1 saturated carbocycles.